The van der Waals surface area contributed by atoms with Gasteiger partial charge in [-0.2, -0.15) is 0 Å². The van der Waals surface area contributed by atoms with Gasteiger partial charge < -0.3 is 19.3 Å². The Morgan fingerprint density at radius 1 is 1.43 bits per heavy atom. The highest BCUT2D eigenvalue weighted by Gasteiger charge is 2.31. The van der Waals surface area contributed by atoms with Crippen LogP contribution in [0.1, 0.15) is 54.4 Å². The minimum atomic E-state index is -0.400. The van der Waals surface area contributed by atoms with Crippen LogP contribution in [0.15, 0.2) is 26.4 Å². The van der Waals surface area contributed by atoms with Gasteiger partial charge in [0.25, 0.3) is 11.5 Å². The first-order valence-corrected chi connectivity index (χ1v) is 9.57. The third-order valence-electron chi connectivity index (χ3n) is 5.45. The molecule has 2 unspecified atom stereocenters. The molecule has 2 atom stereocenters. The summed E-state index contributed by atoms with van der Waals surface area (Å²) < 4.78 is 7.73. The zero-order valence-corrected chi connectivity index (χ0v) is 16.8. The predicted octanol–water partition coefficient (Wildman–Crippen LogP) is 0.590. The molecule has 1 fully saturated rings. The number of nitrogens with one attached hydrogen (secondary N) is 1. The second kappa shape index (κ2) is 8.14. The Morgan fingerprint density at radius 2 is 2.18 bits per heavy atom. The monoisotopic (exact) mass is 389 g/mol. The molecule has 28 heavy (non-hydrogen) atoms. The van der Waals surface area contributed by atoms with Crippen LogP contribution in [0.3, 0.4) is 0 Å². The number of carbonyl (C=O) groups excluding carboxylic acids is 1. The van der Waals surface area contributed by atoms with Crippen LogP contribution in [-0.2, 0) is 20.6 Å². The Kier molecular flexibility index (Phi) is 5.83. The van der Waals surface area contributed by atoms with Crippen LogP contribution in [0, 0.1) is 0 Å². The molecule has 0 saturated carbocycles. The van der Waals surface area contributed by atoms with Crippen molar-refractivity contribution >= 4 is 5.91 Å². The van der Waals surface area contributed by atoms with Crippen molar-refractivity contribution < 1.29 is 9.32 Å². The van der Waals surface area contributed by atoms with Crippen molar-refractivity contribution in [1.82, 2.24) is 24.5 Å². The molecule has 1 aliphatic heterocycles. The predicted molar refractivity (Wildman–Crippen MR) is 103 cm³/mol. The summed E-state index contributed by atoms with van der Waals surface area (Å²) in [6.07, 6.45) is 3.17. The molecule has 3 rings (SSSR count). The second-order valence-corrected chi connectivity index (χ2v) is 7.42. The molecule has 2 aromatic rings. The van der Waals surface area contributed by atoms with E-state index in [2.05, 4.69) is 10.5 Å². The normalized spacial score (nSPS) is 17.6. The maximum atomic E-state index is 13.2. The van der Waals surface area contributed by atoms with Crippen LogP contribution in [0.5, 0.6) is 0 Å². The van der Waals surface area contributed by atoms with Crippen LogP contribution < -0.4 is 16.6 Å². The van der Waals surface area contributed by atoms with Crippen LogP contribution in [0.25, 0.3) is 0 Å². The lowest BCUT2D eigenvalue weighted by molar-refractivity contribution is 0.0631. The van der Waals surface area contributed by atoms with E-state index >= 15 is 0 Å². The summed E-state index contributed by atoms with van der Waals surface area (Å²) in [7, 11) is 3.02. The molecule has 3 heterocycles. The molecule has 2 aromatic heterocycles. The van der Waals surface area contributed by atoms with E-state index in [1.807, 2.05) is 13.8 Å². The van der Waals surface area contributed by atoms with E-state index in [0.29, 0.717) is 12.1 Å². The van der Waals surface area contributed by atoms with E-state index in [-0.39, 0.29) is 30.2 Å². The van der Waals surface area contributed by atoms with Crippen molar-refractivity contribution in [3.63, 3.8) is 0 Å². The lowest BCUT2D eigenvalue weighted by Crippen LogP contribution is -2.45. The van der Waals surface area contributed by atoms with Crippen molar-refractivity contribution in [3.8, 4) is 0 Å². The number of hydrogen-bond donors (Lipinski definition) is 1. The Morgan fingerprint density at radius 3 is 2.82 bits per heavy atom. The zero-order chi connectivity index (χ0) is 20.4. The number of amides is 1. The smallest absolute Gasteiger partial charge is 0.330 e. The maximum absolute atomic E-state index is 13.2. The molecule has 0 radical (unpaired) electrons. The minimum Gasteiger partial charge on any atom is -0.351 e. The molecule has 0 spiro atoms. The van der Waals surface area contributed by atoms with E-state index in [1.54, 1.807) is 18.0 Å². The first kappa shape index (κ1) is 20.1. The van der Waals surface area contributed by atoms with Crippen molar-refractivity contribution in [2.75, 3.05) is 13.1 Å². The number of nitrogens with zero attached hydrogens (tertiary/aromatic N) is 4. The van der Waals surface area contributed by atoms with Gasteiger partial charge in [-0.3, -0.25) is 14.2 Å². The van der Waals surface area contributed by atoms with Crippen molar-refractivity contribution in [1.29, 1.82) is 0 Å². The summed E-state index contributed by atoms with van der Waals surface area (Å²) in [6, 6.07) is 1.62. The fraction of sp³-hybridized carbons (Fsp3) is 0.579. The molecule has 0 bridgehead atoms. The number of rotatable bonds is 6. The summed E-state index contributed by atoms with van der Waals surface area (Å²) in [5.74, 6) is 0.0679. The van der Waals surface area contributed by atoms with E-state index in [9.17, 15) is 14.4 Å². The largest absolute Gasteiger partial charge is 0.351 e. The van der Waals surface area contributed by atoms with Gasteiger partial charge >= 0.3 is 5.69 Å². The Bertz CT molecular complexity index is 967. The van der Waals surface area contributed by atoms with E-state index < -0.39 is 11.2 Å². The summed E-state index contributed by atoms with van der Waals surface area (Å²) in [5.41, 5.74) is 0.326. The number of hydrogen-bond acceptors (Lipinski definition) is 6. The topological polar surface area (TPSA) is 102 Å². The standard InChI is InChI=1S/C19H27N5O4/c1-5-12(2)15-8-16(28-21-15)18(26)24(14-6-7-20-9-14)11-13-10-22(3)19(27)23(4)17(13)25/h8,10,12,14,20H,5-7,9,11H2,1-4H3. The van der Waals surface area contributed by atoms with Crippen LogP contribution >= 0.6 is 0 Å². The van der Waals surface area contributed by atoms with Gasteiger partial charge in [-0.25, -0.2) is 4.79 Å². The lowest BCUT2D eigenvalue weighted by Gasteiger charge is -2.27. The number of aromatic nitrogens is 3. The highest BCUT2D eigenvalue weighted by atomic mass is 16.5. The molecular weight excluding hydrogens is 362 g/mol. The quantitative estimate of drug-likeness (QED) is 0.776. The third kappa shape index (κ3) is 3.80. The van der Waals surface area contributed by atoms with E-state index in [0.717, 1.165) is 29.6 Å². The summed E-state index contributed by atoms with van der Waals surface area (Å²) in [5, 5.41) is 7.28. The SMILES string of the molecule is CCC(C)c1cc(C(=O)N(Cc2cn(C)c(=O)n(C)c2=O)C2CCNC2)on1. The van der Waals surface area contributed by atoms with Crippen molar-refractivity contribution in [3.05, 3.63) is 50.1 Å². The van der Waals surface area contributed by atoms with Gasteiger partial charge in [0.2, 0.25) is 5.76 Å². The fourth-order valence-corrected chi connectivity index (χ4v) is 3.42. The summed E-state index contributed by atoms with van der Waals surface area (Å²) in [6.45, 7) is 5.62. The average molecular weight is 389 g/mol. The zero-order valence-electron chi connectivity index (χ0n) is 16.8. The Balaban J connectivity index is 1.94. The molecule has 0 aliphatic carbocycles. The van der Waals surface area contributed by atoms with Crippen LogP contribution in [-0.4, -0.2) is 44.2 Å². The van der Waals surface area contributed by atoms with Crippen LogP contribution in [0.2, 0.25) is 0 Å². The fourth-order valence-electron chi connectivity index (χ4n) is 3.42. The highest BCUT2D eigenvalue weighted by Crippen LogP contribution is 2.21. The molecule has 1 amide bonds. The van der Waals surface area contributed by atoms with Gasteiger partial charge in [0.1, 0.15) is 0 Å². The minimum absolute atomic E-state index is 0.0633. The molecule has 9 nitrogen and oxygen atoms in total. The van der Waals surface area contributed by atoms with Gasteiger partial charge in [-0.15, -0.1) is 0 Å². The van der Waals surface area contributed by atoms with Gasteiger partial charge in [0.05, 0.1) is 17.8 Å². The second-order valence-electron chi connectivity index (χ2n) is 7.42. The van der Waals surface area contributed by atoms with Gasteiger partial charge in [-0.1, -0.05) is 19.0 Å². The Hall–Kier alpha value is -2.68. The number of carbonyl (C=O) groups is 1. The third-order valence-corrected chi connectivity index (χ3v) is 5.45. The molecule has 152 valence electrons. The maximum Gasteiger partial charge on any atom is 0.330 e. The molecule has 1 N–H and O–H groups in total. The van der Waals surface area contributed by atoms with Gasteiger partial charge in [0.15, 0.2) is 0 Å². The van der Waals surface area contributed by atoms with Crippen molar-refractivity contribution in [2.45, 2.75) is 45.2 Å². The van der Waals surface area contributed by atoms with E-state index in [1.165, 1.54) is 17.8 Å². The number of aryl methyl sites for hydroxylation is 1. The first-order chi connectivity index (χ1) is 13.3. The van der Waals surface area contributed by atoms with Gasteiger partial charge in [-0.05, 0) is 19.4 Å². The van der Waals surface area contributed by atoms with E-state index in [4.69, 9.17) is 4.52 Å². The lowest BCUT2D eigenvalue weighted by atomic mass is 10.1. The first-order valence-electron chi connectivity index (χ1n) is 9.57. The molecule has 9 heteroatoms. The van der Waals surface area contributed by atoms with Crippen molar-refractivity contribution in [2.24, 2.45) is 14.1 Å². The van der Waals surface area contributed by atoms with Gasteiger partial charge in [0, 0.05) is 44.9 Å². The summed E-state index contributed by atoms with van der Waals surface area (Å²) >= 11 is 0. The molecule has 1 saturated heterocycles. The molecule has 0 aromatic carbocycles. The molecular formula is C19H27N5O4. The van der Waals surface area contributed by atoms with Crippen LogP contribution in [0.4, 0.5) is 0 Å². The average Bonchev–Trinajstić information content (AvgIpc) is 3.39. The molecule has 1 aliphatic rings. The Labute approximate surface area is 162 Å². The highest BCUT2D eigenvalue weighted by molar-refractivity contribution is 5.91. The summed E-state index contributed by atoms with van der Waals surface area (Å²) in [4.78, 5) is 39.3.